The summed E-state index contributed by atoms with van der Waals surface area (Å²) < 4.78 is 0. The molecular weight excluding hydrogens is 316 g/mol. The molecule has 0 aliphatic rings. The zero-order valence-corrected chi connectivity index (χ0v) is 17.5. The smallest absolute Gasteiger partial charge is 0.0305 e. The van der Waals surface area contributed by atoms with Crippen molar-refractivity contribution in [2.45, 2.75) is 94.9 Å². The Labute approximate surface area is 165 Å². The zero-order valence-electron chi connectivity index (χ0n) is 17.5. The van der Waals surface area contributed by atoms with Crippen LogP contribution in [0.1, 0.15) is 95.2 Å². The van der Waals surface area contributed by atoms with Gasteiger partial charge in [-0.15, -0.1) is 0 Å². The first-order valence-corrected chi connectivity index (χ1v) is 9.02. The van der Waals surface area contributed by atoms with Crippen molar-refractivity contribution in [1.29, 1.82) is 0 Å². The van der Waals surface area contributed by atoms with Gasteiger partial charge in [0, 0.05) is 24.8 Å². The maximum absolute atomic E-state index is 4.05. The van der Waals surface area contributed by atoms with Crippen LogP contribution in [0.5, 0.6) is 0 Å². The molecule has 26 heavy (non-hydrogen) atoms. The van der Waals surface area contributed by atoms with Gasteiger partial charge in [0.1, 0.15) is 0 Å². The van der Waals surface area contributed by atoms with E-state index >= 15 is 0 Å². The van der Waals surface area contributed by atoms with Gasteiger partial charge >= 0.3 is 0 Å². The van der Waals surface area contributed by atoms with Gasteiger partial charge in [-0.2, -0.15) is 0 Å². The Morgan fingerprint density at radius 1 is 0.577 bits per heavy atom. The van der Waals surface area contributed by atoms with E-state index in [1.807, 2.05) is 52.4 Å². The Morgan fingerprint density at radius 3 is 1.23 bits per heavy atom. The molecule has 2 rings (SSSR count). The van der Waals surface area contributed by atoms with Crippen molar-refractivity contribution in [3.05, 3.63) is 60.2 Å². The van der Waals surface area contributed by atoms with Crippen LogP contribution in [0.25, 0.3) is 0 Å². The highest BCUT2D eigenvalue weighted by molar-refractivity contribution is 5.19. The quantitative estimate of drug-likeness (QED) is 0.473. The number of nitrogens with zero attached hydrogens (tertiary/aromatic N) is 2. The Balaban J connectivity index is -0.000000147. The first-order chi connectivity index (χ1) is 11.2. The molecule has 0 saturated heterocycles. The Morgan fingerprint density at radius 2 is 1.00 bits per heavy atom. The van der Waals surface area contributed by atoms with Crippen molar-refractivity contribution < 1.29 is 0 Å². The van der Waals surface area contributed by atoms with Gasteiger partial charge < -0.3 is 0 Å². The lowest BCUT2D eigenvalue weighted by molar-refractivity contribution is 0.587. The molecule has 152 valence electrons. The summed E-state index contributed by atoms with van der Waals surface area (Å²) in [5, 5.41) is 0. The predicted octanol–water partition coefficient (Wildman–Crippen LogP) is 8.08. The minimum Gasteiger partial charge on any atom is -0.265 e. The van der Waals surface area contributed by atoms with E-state index in [0.717, 1.165) is 0 Å². The number of pyridine rings is 2. The summed E-state index contributed by atoms with van der Waals surface area (Å²) in [6.07, 6.45) is 7.39. The average molecular weight is 363 g/mol. The molecule has 2 aromatic heterocycles. The molecule has 0 bridgehead atoms. The van der Waals surface area contributed by atoms with Gasteiger partial charge in [0.05, 0.1) is 0 Å². The Bertz CT molecular complexity index is 442. The maximum Gasteiger partial charge on any atom is 0.0305 e. The predicted molar refractivity (Wildman–Crippen MR) is 122 cm³/mol. The molecule has 0 N–H and O–H groups in total. The third kappa shape index (κ3) is 14.6. The summed E-state index contributed by atoms with van der Waals surface area (Å²) in [4.78, 5) is 8.01. The number of hydrogen-bond donors (Lipinski definition) is 0. The molecule has 0 amide bonds. The van der Waals surface area contributed by atoms with Crippen LogP contribution < -0.4 is 0 Å². The van der Waals surface area contributed by atoms with Gasteiger partial charge in [-0.3, -0.25) is 9.97 Å². The van der Waals surface area contributed by atoms with Crippen molar-refractivity contribution >= 4 is 0 Å². The minimum absolute atomic E-state index is 0. The summed E-state index contributed by atoms with van der Waals surface area (Å²) in [6.45, 7) is 21.1. The van der Waals surface area contributed by atoms with Crippen LogP contribution in [0.3, 0.4) is 0 Å². The summed E-state index contributed by atoms with van der Waals surface area (Å²) in [6, 6.07) is 8.19. The molecular formula is C24H46N2. The number of rotatable bonds is 0. The van der Waals surface area contributed by atoms with E-state index in [1.54, 1.807) is 6.20 Å². The molecule has 0 saturated carbocycles. The van der Waals surface area contributed by atoms with Crippen molar-refractivity contribution in [3.8, 4) is 0 Å². The monoisotopic (exact) mass is 362 g/mol. The third-order valence-corrected chi connectivity index (χ3v) is 3.07. The largest absolute Gasteiger partial charge is 0.265 e. The second-order valence-electron chi connectivity index (χ2n) is 6.98. The van der Waals surface area contributed by atoms with Crippen LogP contribution in [0, 0.1) is 0 Å². The van der Waals surface area contributed by atoms with Crippen LogP contribution in [-0.4, -0.2) is 9.97 Å². The van der Waals surface area contributed by atoms with Crippen molar-refractivity contribution in [3.63, 3.8) is 0 Å². The molecule has 0 fully saturated rings. The molecule has 0 radical (unpaired) electrons. The zero-order chi connectivity index (χ0) is 19.2. The fraction of sp³-hybridized carbons (Fsp3) is 0.583. The molecule has 2 aromatic rings. The Kier molecular flexibility index (Phi) is 20.6. The van der Waals surface area contributed by atoms with E-state index in [9.17, 15) is 0 Å². The van der Waals surface area contributed by atoms with Gasteiger partial charge in [0.15, 0.2) is 0 Å². The van der Waals surface area contributed by atoms with Crippen molar-refractivity contribution in [1.82, 2.24) is 9.97 Å². The maximum atomic E-state index is 4.05. The lowest BCUT2D eigenvalue weighted by atomic mass is 9.88. The summed E-state index contributed by atoms with van der Waals surface area (Å²) in [5.74, 6) is 0. The van der Waals surface area contributed by atoms with Gasteiger partial charge in [-0.25, -0.2) is 0 Å². The van der Waals surface area contributed by atoms with E-state index in [4.69, 9.17) is 0 Å². The highest BCUT2D eigenvalue weighted by Gasteiger charge is 2.12. The van der Waals surface area contributed by atoms with E-state index in [1.165, 1.54) is 11.1 Å². The summed E-state index contributed by atoms with van der Waals surface area (Å²) in [5.41, 5.74) is 3.11. The van der Waals surface area contributed by atoms with E-state index in [0.29, 0.717) is 0 Å². The average Bonchev–Trinajstić information content (AvgIpc) is 2.59. The molecule has 2 heteroatoms. The van der Waals surface area contributed by atoms with Crippen molar-refractivity contribution in [2.75, 3.05) is 0 Å². The molecule has 0 unspecified atom stereocenters. The SMILES string of the molecule is C.C.CC.CC.CC(C)(C)c1cccnc1.CC(C)(C)c1ccncc1. The molecule has 2 heterocycles. The summed E-state index contributed by atoms with van der Waals surface area (Å²) >= 11 is 0. The number of aromatic nitrogens is 2. The lowest BCUT2D eigenvalue weighted by Crippen LogP contribution is -2.10. The molecule has 0 spiro atoms. The first-order valence-electron chi connectivity index (χ1n) is 9.02. The van der Waals surface area contributed by atoms with Gasteiger partial charge in [0.2, 0.25) is 0 Å². The van der Waals surface area contributed by atoms with Gasteiger partial charge in [0.25, 0.3) is 0 Å². The second kappa shape index (κ2) is 16.8. The van der Waals surface area contributed by atoms with E-state index in [2.05, 4.69) is 69.7 Å². The van der Waals surface area contributed by atoms with Crippen molar-refractivity contribution in [2.24, 2.45) is 0 Å². The minimum atomic E-state index is 0. The van der Waals surface area contributed by atoms with Crippen LogP contribution in [0.15, 0.2) is 49.1 Å². The lowest BCUT2D eigenvalue weighted by Gasteiger charge is -2.17. The standard InChI is InChI=1S/2C9H13N.2C2H6.2CH4/c1-9(2,3)8-4-6-10-7-5-8;1-9(2,3)8-5-4-6-10-7-8;2*1-2;;/h2*4-7H,1-3H3;2*1-2H3;2*1H4. The third-order valence-electron chi connectivity index (χ3n) is 3.07. The normalized spacial score (nSPS) is 9.31. The van der Waals surface area contributed by atoms with Crippen LogP contribution in [-0.2, 0) is 10.8 Å². The highest BCUT2D eigenvalue weighted by atomic mass is 14.6. The van der Waals surface area contributed by atoms with E-state index < -0.39 is 0 Å². The van der Waals surface area contributed by atoms with Gasteiger partial charge in [-0.05, 0) is 40.2 Å². The fourth-order valence-corrected chi connectivity index (χ4v) is 1.66. The van der Waals surface area contributed by atoms with E-state index in [-0.39, 0.29) is 25.7 Å². The number of hydrogen-bond acceptors (Lipinski definition) is 2. The van der Waals surface area contributed by atoms with Crippen LogP contribution in [0.2, 0.25) is 0 Å². The Hall–Kier alpha value is -1.70. The first kappa shape index (κ1) is 32.0. The summed E-state index contributed by atoms with van der Waals surface area (Å²) in [7, 11) is 0. The molecule has 0 aliphatic heterocycles. The highest BCUT2D eigenvalue weighted by Crippen LogP contribution is 2.20. The fourth-order valence-electron chi connectivity index (χ4n) is 1.66. The molecule has 2 nitrogen and oxygen atoms in total. The van der Waals surface area contributed by atoms with Crippen LogP contribution >= 0.6 is 0 Å². The molecule has 0 atom stereocenters. The second-order valence-corrected chi connectivity index (χ2v) is 6.98. The topological polar surface area (TPSA) is 25.8 Å². The molecule has 0 aliphatic carbocycles. The molecule has 0 aromatic carbocycles. The van der Waals surface area contributed by atoms with Gasteiger partial charge in [-0.1, -0.05) is 90.2 Å². The van der Waals surface area contributed by atoms with Crippen LogP contribution in [0.4, 0.5) is 0 Å².